The summed E-state index contributed by atoms with van der Waals surface area (Å²) in [6.45, 7) is 4.68. The lowest BCUT2D eigenvalue weighted by molar-refractivity contribution is -0.120. The molecule has 1 aliphatic rings. The molecule has 0 aliphatic heterocycles. The monoisotopic (exact) mass is 329 g/mol. The third-order valence-electron chi connectivity index (χ3n) is 4.09. The lowest BCUT2D eigenvalue weighted by atomic mass is 10.3. The van der Waals surface area contributed by atoms with Crippen LogP contribution >= 0.6 is 0 Å². The second kappa shape index (κ2) is 6.90. The van der Waals surface area contributed by atoms with Crippen molar-refractivity contribution in [1.82, 2.24) is 25.5 Å². The fourth-order valence-electron chi connectivity index (χ4n) is 2.74. The number of hydrogen-bond donors (Lipinski definition) is 3. The van der Waals surface area contributed by atoms with E-state index in [1.165, 1.54) is 0 Å². The molecule has 1 aliphatic carbocycles. The summed E-state index contributed by atoms with van der Waals surface area (Å²) in [5.74, 6) is 0.581. The number of aromatic nitrogens is 2. The zero-order chi connectivity index (χ0) is 17.1. The zero-order valence-corrected chi connectivity index (χ0v) is 14.0. The average Bonchev–Trinajstić information content (AvgIpc) is 3.29. The molecule has 1 atom stereocenters. The van der Waals surface area contributed by atoms with Gasteiger partial charge in [0.25, 0.3) is 0 Å². The minimum absolute atomic E-state index is 0.0464. The molecule has 3 amide bonds. The number of para-hydroxylation sites is 2. The Morgan fingerprint density at radius 2 is 2.08 bits per heavy atom. The van der Waals surface area contributed by atoms with Crippen molar-refractivity contribution in [2.45, 2.75) is 45.3 Å². The molecular formula is C17H23N5O2. The van der Waals surface area contributed by atoms with Crippen molar-refractivity contribution in [3.63, 3.8) is 0 Å². The van der Waals surface area contributed by atoms with Crippen LogP contribution in [-0.4, -0.2) is 34.1 Å². The van der Waals surface area contributed by atoms with Crippen LogP contribution in [0.5, 0.6) is 0 Å². The van der Waals surface area contributed by atoms with Gasteiger partial charge in [-0.25, -0.2) is 9.78 Å². The maximum Gasteiger partial charge on any atom is 0.315 e. The van der Waals surface area contributed by atoms with Gasteiger partial charge in [0.2, 0.25) is 5.91 Å². The second-order valence-electron chi connectivity index (χ2n) is 6.09. The SMILES string of the molecule is CCn1c(C(C)NC(=O)CNC(=O)NC2CC2)nc2ccccc21. The number of rotatable bonds is 6. The van der Waals surface area contributed by atoms with Gasteiger partial charge in [0.1, 0.15) is 5.82 Å². The molecule has 3 rings (SSSR count). The maximum atomic E-state index is 12.1. The lowest BCUT2D eigenvalue weighted by Crippen LogP contribution is -2.43. The predicted octanol–water partition coefficient (Wildman–Crippen LogP) is 1.70. The molecule has 0 bridgehead atoms. The molecule has 7 nitrogen and oxygen atoms in total. The highest BCUT2D eigenvalue weighted by atomic mass is 16.2. The highest BCUT2D eigenvalue weighted by Gasteiger charge is 2.23. The number of imidazole rings is 1. The van der Waals surface area contributed by atoms with Gasteiger partial charge in [0.05, 0.1) is 23.6 Å². The molecule has 1 unspecified atom stereocenters. The molecule has 1 saturated carbocycles. The van der Waals surface area contributed by atoms with E-state index in [2.05, 4.69) is 32.4 Å². The Hall–Kier alpha value is -2.57. The molecular weight excluding hydrogens is 306 g/mol. The van der Waals surface area contributed by atoms with Crippen LogP contribution < -0.4 is 16.0 Å². The predicted molar refractivity (Wildman–Crippen MR) is 91.5 cm³/mol. The van der Waals surface area contributed by atoms with Gasteiger partial charge in [-0.15, -0.1) is 0 Å². The molecule has 1 aromatic heterocycles. The van der Waals surface area contributed by atoms with E-state index in [4.69, 9.17) is 0 Å². The molecule has 0 saturated heterocycles. The number of fused-ring (bicyclic) bond motifs is 1. The highest BCUT2D eigenvalue weighted by Crippen LogP contribution is 2.20. The number of nitrogens with one attached hydrogen (secondary N) is 3. The summed E-state index contributed by atoms with van der Waals surface area (Å²) in [5.41, 5.74) is 1.97. The van der Waals surface area contributed by atoms with Crippen LogP contribution in [0.4, 0.5) is 4.79 Å². The summed E-state index contributed by atoms with van der Waals surface area (Å²) in [6.07, 6.45) is 2.04. The number of urea groups is 1. The summed E-state index contributed by atoms with van der Waals surface area (Å²) in [7, 11) is 0. The largest absolute Gasteiger partial charge is 0.345 e. The van der Waals surface area contributed by atoms with Crippen LogP contribution in [0.1, 0.15) is 38.6 Å². The fraction of sp³-hybridized carbons (Fsp3) is 0.471. The molecule has 1 fully saturated rings. The van der Waals surface area contributed by atoms with E-state index in [0.717, 1.165) is 36.2 Å². The molecule has 1 heterocycles. The molecule has 7 heteroatoms. The van der Waals surface area contributed by atoms with E-state index in [1.807, 2.05) is 31.2 Å². The van der Waals surface area contributed by atoms with Gasteiger partial charge in [-0.1, -0.05) is 12.1 Å². The number of benzene rings is 1. The summed E-state index contributed by atoms with van der Waals surface area (Å²) < 4.78 is 2.09. The summed E-state index contributed by atoms with van der Waals surface area (Å²) in [5, 5.41) is 8.25. The second-order valence-corrected chi connectivity index (χ2v) is 6.09. The first-order chi connectivity index (χ1) is 11.6. The smallest absolute Gasteiger partial charge is 0.315 e. The van der Waals surface area contributed by atoms with Gasteiger partial charge in [-0.2, -0.15) is 0 Å². The topological polar surface area (TPSA) is 88.0 Å². The van der Waals surface area contributed by atoms with Crippen LogP contribution in [0.2, 0.25) is 0 Å². The summed E-state index contributed by atoms with van der Waals surface area (Å²) >= 11 is 0. The van der Waals surface area contributed by atoms with E-state index in [1.54, 1.807) is 0 Å². The van der Waals surface area contributed by atoms with Crippen LogP contribution in [0.3, 0.4) is 0 Å². The van der Waals surface area contributed by atoms with Gasteiger partial charge < -0.3 is 20.5 Å². The average molecular weight is 329 g/mol. The Kier molecular flexibility index (Phi) is 4.69. The van der Waals surface area contributed by atoms with Crippen molar-refractivity contribution < 1.29 is 9.59 Å². The Morgan fingerprint density at radius 1 is 1.33 bits per heavy atom. The third kappa shape index (κ3) is 3.67. The molecule has 24 heavy (non-hydrogen) atoms. The Morgan fingerprint density at radius 3 is 2.79 bits per heavy atom. The Labute approximate surface area is 140 Å². The Balaban J connectivity index is 1.60. The summed E-state index contributed by atoms with van der Waals surface area (Å²) in [6, 6.07) is 7.66. The molecule has 1 aromatic carbocycles. The molecule has 2 aromatic rings. The van der Waals surface area contributed by atoms with Crippen molar-refractivity contribution in [1.29, 1.82) is 0 Å². The van der Waals surface area contributed by atoms with Crippen LogP contribution in [0.15, 0.2) is 24.3 Å². The van der Waals surface area contributed by atoms with Crippen LogP contribution in [0, 0.1) is 0 Å². The third-order valence-corrected chi connectivity index (χ3v) is 4.09. The minimum atomic E-state index is -0.291. The van der Waals surface area contributed by atoms with Crippen molar-refractivity contribution in [2.24, 2.45) is 0 Å². The highest BCUT2D eigenvalue weighted by molar-refractivity contribution is 5.84. The normalized spacial score (nSPS) is 15.1. The number of carbonyl (C=O) groups excluding carboxylic acids is 2. The molecule has 128 valence electrons. The van der Waals surface area contributed by atoms with E-state index in [-0.39, 0.29) is 30.6 Å². The van der Waals surface area contributed by atoms with Crippen molar-refractivity contribution in [2.75, 3.05) is 6.54 Å². The maximum absolute atomic E-state index is 12.1. The number of nitrogens with zero attached hydrogens (tertiary/aromatic N) is 2. The first-order valence-corrected chi connectivity index (χ1v) is 8.37. The van der Waals surface area contributed by atoms with E-state index >= 15 is 0 Å². The number of hydrogen-bond acceptors (Lipinski definition) is 3. The fourth-order valence-corrected chi connectivity index (χ4v) is 2.74. The Bertz CT molecular complexity index is 751. The number of aryl methyl sites for hydroxylation is 1. The van der Waals surface area contributed by atoms with Crippen molar-refractivity contribution in [3.8, 4) is 0 Å². The molecule has 0 spiro atoms. The van der Waals surface area contributed by atoms with Gasteiger partial charge in [-0.05, 0) is 38.8 Å². The quantitative estimate of drug-likeness (QED) is 0.753. The van der Waals surface area contributed by atoms with E-state index in [0.29, 0.717) is 0 Å². The van der Waals surface area contributed by atoms with E-state index in [9.17, 15) is 9.59 Å². The van der Waals surface area contributed by atoms with E-state index < -0.39 is 0 Å². The summed E-state index contributed by atoms with van der Waals surface area (Å²) in [4.78, 5) is 28.2. The van der Waals surface area contributed by atoms with Gasteiger partial charge in [0.15, 0.2) is 0 Å². The van der Waals surface area contributed by atoms with Gasteiger partial charge >= 0.3 is 6.03 Å². The zero-order valence-electron chi connectivity index (χ0n) is 14.0. The van der Waals surface area contributed by atoms with Crippen molar-refractivity contribution >= 4 is 23.0 Å². The number of carbonyl (C=O) groups is 2. The first kappa shape index (κ1) is 16.3. The van der Waals surface area contributed by atoms with Gasteiger partial charge in [0, 0.05) is 12.6 Å². The van der Waals surface area contributed by atoms with Crippen LogP contribution in [-0.2, 0) is 11.3 Å². The number of amides is 3. The van der Waals surface area contributed by atoms with Gasteiger partial charge in [-0.3, -0.25) is 4.79 Å². The lowest BCUT2D eigenvalue weighted by Gasteiger charge is -2.15. The standard InChI is InChI=1S/C17H23N5O2/c1-3-22-14-7-5-4-6-13(14)21-16(22)11(2)19-15(23)10-18-17(24)20-12-8-9-12/h4-7,11-12H,3,8-10H2,1-2H3,(H,19,23)(H2,18,20,24). The minimum Gasteiger partial charge on any atom is -0.345 e. The molecule has 3 N–H and O–H groups in total. The van der Waals surface area contributed by atoms with Crippen LogP contribution in [0.25, 0.3) is 11.0 Å². The molecule has 0 radical (unpaired) electrons. The van der Waals surface area contributed by atoms with Crippen molar-refractivity contribution in [3.05, 3.63) is 30.1 Å². The first-order valence-electron chi connectivity index (χ1n) is 8.37.